The predicted octanol–water partition coefficient (Wildman–Crippen LogP) is 0.379. The van der Waals surface area contributed by atoms with E-state index in [0.29, 0.717) is 18.2 Å². The first-order valence-corrected chi connectivity index (χ1v) is 6.06. The van der Waals surface area contributed by atoms with Crippen LogP contribution in [0.15, 0.2) is 12.5 Å². The van der Waals surface area contributed by atoms with Crippen LogP contribution < -0.4 is 0 Å². The molecule has 0 radical (unpaired) electrons. The number of hydrogen-bond acceptors (Lipinski definition) is 5. The zero-order valence-corrected chi connectivity index (χ0v) is 10.1. The van der Waals surface area contributed by atoms with Crippen molar-refractivity contribution in [1.82, 2.24) is 14.9 Å². The van der Waals surface area contributed by atoms with E-state index in [1.54, 1.807) is 0 Å². The van der Waals surface area contributed by atoms with Gasteiger partial charge < -0.3 is 10.2 Å². The number of aromatic carboxylic acids is 1. The SMILES string of the molecule is O=C(O)c1cncnc1CN1CCC(CO)CC1. The van der Waals surface area contributed by atoms with Gasteiger partial charge in [0.05, 0.1) is 5.69 Å². The second-order valence-electron chi connectivity index (χ2n) is 4.59. The Morgan fingerprint density at radius 3 is 2.78 bits per heavy atom. The summed E-state index contributed by atoms with van der Waals surface area (Å²) < 4.78 is 0. The van der Waals surface area contributed by atoms with Crippen LogP contribution in [-0.4, -0.2) is 50.7 Å². The highest BCUT2D eigenvalue weighted by molar-refractivity contribution is 5.88. The van der Waals surface area contributed by atoms with Crippen molar-refractivity contribution in [3.8, 4) is 0 Å². The monoisotopic (exact) mass is 251 g/mol. The molecule has 6 nitrogen and oxygen atoms in total. The molecule has 0 atom stereocenters. The fraction of sp³-hybridized carbons (Fsp3) is 0.583. The van der Waals surface area contributed by atoms with Gasteiger partial charge in [0.1, 0.15) is 11.9 Å². The molecule has 1 aromatic rings. The van der Waals surface area contributed by atoms with Crippen molar-refractivity contribution in [2.45, 2.75) is 19.4 Å². The van der Waals surface area contributed by atoms with E-state index in [2.05, 4.69) is 14.9 Å². The van der Waals surface area contributed by atoms with Crippen molar-refractivity contribution in [2.24, 2.45) is 5.92 Å². The van der Waals surface area contributed by atoms with E-state index in [4.69, 9.17) is 10.2 Å². The lowest BCUT2D eigenvalue weighted by Crippen LogP contribution is -2.35. The van der Waals surface area contributed by atoms with Gasteiger partial charge in [-0.1, -0.05) is 0 Å². The quantitative estimate of drug-likeness (QED) is 0.804. The third kappa shape index (κ3) is 3.02. The molecule has 1 saturated heterocycles. The minimum atomic E-state index is -0.990. The van der Waals surface area contributed by atoms with Gasteiger partial charge in [-0.3, -0.25) is 4.90 Å². The fourth-order valence-corrected chi connectivity index (χ4v) is 2.20. The first kappa shape index (κ1) is 12.9. The summed E-state index contributed by atoms with van der Waals surface area (Å²) >= 11 is 0. The predicted molar refractivity (Wildman–Crippen MR) is 64.1 cm³/mol. The van der Waals surface area contributed by atoms with Gasteiger partial charge in [-0.15, -0.1) is 0 Å². The van der Waals surface area contributed by atoms with E-state index >= 15 is 0 Å². The Kier molecular flexibility index (Phi) is 4.22. The molecule has 1 fully saturated rings. The molecule has 0 aromatic carbocycles. The maximum Gasteiger partial charge on any atom is 0.339 e. The molecule has 1 aromatic heterocycles. The van der Waals surface area contributed by atoms with Gasteiger partial charge in [-0.05, 0) is 31.8 Å². The third-order valence-corrected chi connectivity index (χ3v) is 3.36. The summed E-state index contributed by atoms with van der Waals surface area (Å²) in [5.41, 5.74) is 0.724. The number of aliphatic hydroxyl groups is 1. The van der Waals surface area contributed by atoms with Crippen LogP contribution in [0.5, 0.6) is 0 Å². The van der Waals surface area contributed by atoms with E-state index in [0.717, 1.165) is 25.9 Å². The van der Waals surface area contributed by atoms with Gasteiger partial charge in [0.25, 0.3) is 0 Å². The Balaban J connectivity index is 2.00. The molecular formula is C12H17N3O3. The first-order valence-electron chi connectivity index (χ1n) is 6.06. The van der Waals surface area contributed by atoms with Crippen LogP contribution in [0.25, 0.3) is 0 Å². The molecule has 0 saturated carbocycles. The Hall–Kier alpha value is -1.53. The number of aliphatic hydroxyl groups excluding tert-OH is 1. The lowest BCUT2D eigenvalue weighted by molar-refractivity contribution is 0.0691. The second-order valence-corrected chi connectivity index (χ2v) is 4.59. The largest absolute Gasteiger partial charge is 0.478 e. The average Bonchev–Trinajstić information content (AvgIpc) is 2.40. The van der Waals surface area contributed by atoms with Gasteiger partial charge in [0.15, 0.2) is 0 Å². The van der Waals surface area contributed by atoms with Crippen LogP contribution in [-0.2, 0) is 6.54 Å². The number of carbonyl (C=O) groups is 1. The van der Waals surface area contributed by atoms with Crippen molar-refractivity contribution in [1.29, 1.82) is 0 Å². The lowest BCUT2D eigenvalue weighted by atomic mass is 9.98. The molecule has 2 rings (SSSR count). The maximum absolute atomic E-state index is 11.0. The molecule has 1 aliphatic rings. The Labute approximate surface area is 105 Å². The van der Waals surface area contributed by atoms with Crippen LogP contribution in [0, 0.1) is 5.92 Å². The molecule has 1 aliphatic heterocycles. The van der Waals surface area contributed by atoms with E-state index in [-0.39, 0.29) is 12.2 Å². The molecule has 0 amide bonds. The minimum absolute atomic E-state index is 0.168. The normalized spacial score (nSPS) is 17.8. The average molecular weight is 251 g/mol. The van der Waals surface area contributed by atoms with Gasteiger partial charge in [0, 0.05) is 19.3 Å². The van der Waals surface area contributed by atoms with Crippen LogP contribution >= 0.6 is 0 Å². The molecule has 98 valence electrons. The van der Waals surface area contributed by atoms with Crippen LogP contribution in [0.3, 0.4) is 0 Å². The molecule has 0 aliphatic carbocycles. The number of piperidine rings is 1. The Morgan fingerprint density at radius 1 is 1.44 bits per heavy atom. The summed E-state index contributed by atoms with van der Waals surface area (Å²) in [5, 5.41) is 18.1. The topological polar surface area (TPSA) is 86.5 Å². The summed E-state index contributed by atoms with van der Waals surface area (Å²) in [6, 6.07) is 0. The highest BCUT2D eigenvalue weighted by Crippen LogP contribution is 2.18. The standard InChI is InChI=1S/C12H17N3O3/c16-7-9-1-3-15(4-2-9)6-11-10(12(17)18)5-13-8-14-11/h5,8-9,16H,1-4,6-7H2,(H,17,18). The number of rotatable bonds is 4. The summed E-state index contributed by atoms with van der Waals surface area (Å²) in [6.45, 7) is 2.51. The summed E-state index contributed by atoms with van der Waals surface area (Å²) in [5.74, 6) is -0.610. The molecule has 0 unspecified atom stereocenters. The smallest absolute Gasteiger partial charge is 0.339 e. The van der Waals surface area contributed by atoms with Crippen molar-refractivity contribution in [3.63, 3.8) is 0 Å². The van der Waals surface area contributed by atoms with Crippen LogP contribution in [0.4, 0.5) is 0 Å². The number of likely N-dealkylation sites (tertiary alicyclic amines) is 1. The first-order chi connectivity index (χ1) is 8.70. The highest BCUT2D eigenvalue weighted by Gasteiger charge is 2.20. The molecule has 18 heavy (non-hydrogen) atoms. The summed E-state index contributed by atoms with van der Waals surface area (Å²) in [6.07, 6.45) is 4.61. The lowest BCUT2D eigenvalue weighted by Gasteiger charge is -2.30. The van der Waals surface area contributed by atoms with Gasteiger partial charge in [-0.2, -0.15) is 0 Å². The van der Waals surface area contributed by atoms with Crippen molar-refractivity contribution >= 4 is 5.97 Å². The van der Waals surface area contributed by atoms with Crippen molar-refractivity contribution in [2.75, 3.05) is 19.7 Å². The zero-order valence-electron chi connectivity index (χ0n) is 10.1. The van der Waals surface area contributed by atoms with Crippen LogP contribution in [0.2, 0.25) is 0 Å². The summed E-state index contributed by atoms with van der Waals surface area (Å²) in [4.78, 5) is 21.0. The molecule has 0 spiro atoms. The summed E-state index contributed by atoms with van der Waals surface area (Å²) in [7, 11) is 0. The third-order valence-electron chi connectivity index (χ3n) is 3.36. The molecule has 2 heterocycles. The maximum atomic E-state index is 11.0. The Bertz CT molecular complexity index is 417. The molecule has 2 N–H and O–H groups in total. The van der Waals surface area contributed by atoms with E-state index < -0.39 is 5.97 Å². The second kappa shape index (κ2) is 5.88. The van der Waals surface area contributed by atoms with Gasteiger partial charge in [-0.25, -0.2) is 14.8 Å². The number of carboxylic acids is 1. The molecule has 0 bridgehead atoms. The minimum Gasteiger partial charge on any atom is -0.478 e. The number of nitrogens with zero attached hydrogens (tertiary/aromatic N) is 3. The number of aromatic nitrogens is 2. The Morgan fingerprint density at radius 2 is 2.17 bits per heavy atom. The molecular weight excluding hydrogens is 234 g/mol. The number of carboxylic acid groups (broad SMARTS) is 1. The molecule has 6 heteroatoms. The fourth-order valence-electron chi connectivity index (χ4n) is 2.20. The van der Waals surface area contributed by atoms with E-state index in [1.807, 2.05) is 0 Å². The van der Waals surface area contributed by atoms with Crippen molar-refractivity contribution in [3.05, 3.63) is 23.8 Å². The van der Waals surface area contributed by atoms with E-state index in [9.17, 15) is 4.79 Å². The van der Waals surface area contributed by atoms with Crippen LogP contribution in [0.1, 0.15) is 28.9 Å². The zero-order chi connectivity index (χ0) is 13.0. The highest BCUT2D eigenvalue weighted by atomic mass is 16.4. The number of hydrogen-bond donors (Lipinski definition) is 2. The van der Waals surface area contributed by atoms with Gasteiger partial charge in [0.2, 0.25) is 0 Å². The van der Waals surface area contributed by atoms with Gasteiger partial charge >= 0.3 is 5.97 Å². The van der Waals surface area contributed by atoms with E-state index in [1.165, 1.54) is 12.5 Å². The van der Waals surface area contributed by atoms with Crippen molar-refractivity contribution < 1.29 is 15.0 Å².